The number of pyridine rings is 1. The van der Waals surface area contributed by atoms with E-state index in [0.29, 0.717) is 6.04 Å². The van der Waals surface area contributed by atoms with E-state index in [2.05, 4.69) is 82.9 Å². The van der Waals surface area contributed by atoms with Gasteiger partial charge < -0.3 is 15.1 Å². The Hall–Kier alpha value is -3.27. The van der Waals surface area contributed by atoms with Crippen molar-refractivity contribution in [1.29, 1.82) is 0 Å². The fraction of sp³-hybridized carbons (Fsp3) is 0.345. The van der Waals surface area contributed by atoms with Crippen LogP contribution in [0.1, 0.15) is 55.7 Å². The summed E-state index contributed by atoms with van der Waals surface area (Å²) in [6.07, 6.45) is 19.1. The summed E-state index contributed by atoms with van der Waals surface area (Å²) in [5, 5.41) is 3.77. The van der Waals surface area contributed by atoms with Crippen LogP contribution in [0.2, 0.25) is 0 Å². The minimum absolute atomic E-state index is 0.398. The zero-order chi connectivity index (χ0) is 22.4. The van der Waals surface area contributed by atoms with Crippen LogP contribution in [0.25, 0.3) is 0 Å². The molecule has 1 aromatic heterocycles. The van der Waals surface area contributed by atoms with Crippen LogP contribution < -0.4 is 10.2 Å². The molecule has 2 saturated carbocycles. The van der Waals surface area contributed by atoms with Crippen LogP contribution in [-0.4, -0.2) is 24.0 Å². The molecular weight excluding hydrogens is 404 g/mol. The summed E-state index contributed by atoms with van der Waals surface area (Å²) >= 11 is 0. The Balaban J connectivity index is 1.40. The van der Waals surface area contributed by atoms with Crippen molar-refractivity contribution < 1.29 is 0 Å². The second-order valence-corrected chi connectivity index (χ2v) is 9.77. The molecular formula is C29H32N4. The van der Waals surface area contributed by atoms with E-state index < -0.39 is 0 Å². The first-order valence-corrected chi connectivity index (χ1v) is 12.3. The van der Waals surface area contributed by atoms with E-state index in [1.807, 2.05) is 12.4 Å². The molecule has 0 radical (unpaired) electrons. The highest BCUT2D eigenvalue weighted by Crippen LogP contribution is 2.48. The van der Waals surface area contributed by atoms with Crippen LogP contribution in [-0.2, 0) is 6.42 Å². The Morgan fingerprint density at radius 2 is 1.85 bits per heavy atom. The Bertz CT molecular complexity index is 1190. The van der Waals surface area contributed by atoms with Crippen molar-refractivity contribution >= 4 is 11.4 Å². The third-order valence-corrected chi connectivity index (χ3v) is 7.42. The van der Waals surface area contributed by atoms with E-state index in [-0.39, 0.29) is 0 Å². The van der Waals surface area contributed by atoms with Gasteiger partial charge in [-0.1, -0.05) is 12.1 Å². The van der Waals surface area contributed by atoms with Gasteiger partial charge in [-0.3, -0.25) is 4.98 Å². The molecule has 168 valence electrons. The maximum atomic E-state index is 4.19. The minimum Gasteiger partial charge on any atom is -0.377 e. The smallest absolute Gasteiger partial charge is 0.0592 e. The van der Waals surface area contributed by atoms with Gasteiger partial charge in [-0.2, -0.15) is 0 Å². The third kappa shape index (κ3) is 3.68. The number of hydrogen-bond acceptors (Lipinski definition) is 4. The first-order chi connectivity index (χ1) is 16.2. The fourth-order valence-corrected chi connectivity index (χ4v) is 5.51. The van der Waals surface area contributed by atoms with Crippen molar-refractivity contribution in [2.75, 3.05) is 24.3 Å². The summed E-state index contributed by atoms with van der Waals surface area (Å²) in [5.74, 6) is 0. The average molecular weight is 437 g/mol. The molecule has 0 saturated heterocycles. The number of aromatic nitrogens is 1. The van der Waals surface area contributed by atoms with Crippen molar-refractivity contribution in [1.82, 2.24) is 9.88 Å². The fourth-order valence-electron chi connectivity index (χ4n) is 5.51. The number of rotatable bonds is 5. The zero-order valence-electron chi connectivity index (χ0n) is 19.6. The Kier molecular flexibility index (Phi) is 5.09. The second kappa shape index (κ2) is 8.26. The molecule has 6 rings (SSSR count). The van der Waals surface area contributed by atoms with Crippen molar-refractivity contribution in [2.24, 2.45) is 0 Å². The number of fused-ring (bicyclic) bond motifs is 1. The molecule has 1 N–H and O–H groups in total. The van der Waals surface area contributed by atoms with Crippen molar-refractivity contribution in [3.8, 4) is 0 Å². The molecule has 1 unspecified atom stereocenters. The molecule has 0 amide bonds. The number of allylic oxidation sites excluding steroid dienone is 4. The average Bonchev–Trinajstić information content (AvgIpc) is 3.55. The van der Waals surface area contributed by atoms with Gasteiger partial charge in [0, 0.05) is 61.0 Å². The first-order valence-electron chi connectivity index (χ1n) is 12.3. The summed E-state index contributed by atoms with van der Waals surface area (Å²) in [6, 6.07) is 11.4. The molecule has 0 spiro atoms. The van der Waals surface area contributed by atoms with E-state index in [0.717, 1.165) is 18.5 Å². The van der Waals surface area contributed by atoms with Crippen LogP contribution in [0.4, 0.5) is 11.4 Å². The largest absolute Gasteiger partial charge is 0.377 e. The molecule has 4 nitrogen and oxygen atoms in total. The van der Waals surface area contributed by atoms with Gasteiger partial charge in [0.15, 0.2) is 0 Å². The quantitative estimate of drug-likeness (QED) is 0.581. The van der Waals surface area contributed by atoms with Crippen LogP contribution in [0.3, 0.4) is 0 Å². The molecule has 2 fully saturated rings. The molecule has 1 atom stereocenters. The maximum Gasteiger partial charge on any atom is 0.0592 e. The Labute approximate surface area is 197 Å². The standard InChI is InChI=1S/C29H32N4/c1-32(2)26-10-4-8-23-24(26)13-14-27(23)33-19-5-9-25(29(33)21-6-3-7-21)28(20-11-12-20)31-22-15-17-30-18-16-22/h4-5,8-10,15-19,27H,3,6-7,11-14H2,1-2H3,(H,30,31). The molecule has 4 heteroatoms. The normalized spacial score (nSPS) is 20.9. The number of nitrogens with one attached hydrogen (secondary N) is 1. The highest BCUT2D eigenvalue weighted by Gasteiger charge is 2.36. The number of hydrogen-bond donors (Lipinski definition) is 1. The molecule has 1 aliphatic heterocycles. The monoisotopic (exact) mass is 436 g/mol. The van der Waals surface area contributed by atoms with Gasteiger partial charge in [0.25, 0.3) is 0 Å². The van der Waals surface area contributed by atoms with Gasteiger partial charge in [-0.05, 0) is 97.6 Å². The van der Waals surface area contributed by atoms with Crippen LogP contribution in [0.5, 0.6) is 0 Å². The van der Waals surface area contributed by atoms with Crippen LogP contribution in [0.15, 0.2) is 89.2 Å². The van der Waals surface area contributed by atoms with Crippen LogP contribution >= 0.6 is 0 Å². The minimum atomic E-state index is 0.398. The summed E-state index contributed by atoms with van der Waals surface area (Å²) in [7, 11) is 4.32. The Morgan fingerprint density at radius 3 is 2.55 bits per heavy atom. The molecule has 0 bridgehead atoms. The van der Waals surface area contributed by atoms with E-state index in [9.17, 15) is 0 Å². The molecule has 2 heterocycles. The molecule has 4 aliphatic rings. The summed E-state index contributed by atoms with van der Waals surface area (Å²) in [6.45, 7) is 0. The predicted molar refractivity (Wildman–Crippen MR) is 136 cm³/mol. The van der Waals surface area contributed by atoms with Crippen molar-refractivity contribution in [3.63, 3.8) is 0 Å². The Morgan fingerprint density at radius 1 is 1.03 bits per heavy atom. The summed E-state index contributed by atoms with van der Waals surface area (Å²) in [4.78, 5) is 9.06. The highest BCUT2D eigenvalue weighted by molar-refractivity contribution is 5.65. The topological polar surface area (TPSA) is 31.4 Å². The molecule has 3 aliphatic carbocycles. The van der Waals surface area contributed by atoms with Gasteiger partial charge in [-0.15, -0.1) is 0 Å². The van der Waals surface area contributed by atoms with E-state index in [1.165, 1.54) is 71.5 Å². The lowest BCUT2D eigenvalue weighted by Gasteiger charge is -2.38. The SMILES string of the molecule is CN(C)c1cccc2c1CCC2N1C=CC=C(C(Nc2ccncc2)=C2CC2)C1=C1CCC1. The van der Waals surface area contributed by atoms with Gasteiger partial charge in [0.1, 0.15) is 0 Å². The number of anilines is 2. The van der Waals surface area contributed by atoms with Gasteiger partial charge in [0.2, 0.25) is 0 Å². The zero-order valence-corrected chi connectivity index (χ0v) is 19.6. The third-order valence-electron chi connectivity index (χ3n) is 7.42. The lowest BCUT2D eigenvalue weighted by molar-refractivity contribution is 0.338. The predicted octanol–water partition coefficient (Wildman–Crippen LogP) is 6.49. The summed E-state index contributed by atoms with van der Waals surface area (Å²) in [5.41, 5.74) is 12.8. The van der Waals surface area contributed by atoms with Crippen molar-refractivity contribution in [2.45, 2.75) is 51.0 Å². The lowest BCUT2D eigenvalue weighted by atomic mass is 9.85. The summed E-state index contributed by atoms with van der Waals surface area (Å²) < 4.78 is 0. The molecule has 2 aromatic rings. The second-order valence-electron chi connectivity index (χ2n) is 9.77. The van der Waals surface area contributed by atoms with Crippen molar-refractivity contribution in [3.05, 3.63) is 100 Å². The van der Waals surface area contributed by atoms with Gasteiger partial charge in [-0.25, -0.2) is 0 Å². The lowest BCUT2D eigenvalue weighted by Crippen LogP contribution is -2.28. The van der Waals surface area contributed by atoms with Gasteiger partial charge >= 0.3 is 0 Å². The van der Waals surface area contributed by atoms with Crippen LogP contribution in [0, 0.1) is 0 Å². The van der Waals surface area contributed by atoms with Gasteiger partial charge in [0.05, 0.1) is 6.04 Å². The molecule has 1 aromatic carbocycles. The maximum absolute atomic E-state index is 4.19. The number of nitrogens with zero attached hydrogens (tertiary/aromatic N) is 3. The molecule has 33 heavy (non-hydrogen) atoms. The first kappa shape index (κ1) is 20.3. The van der Waals surface area contributed by atoms with E-state index in [4.69, 9.17) is 0 Å². The number of benzene rings is 1. The van der Waals surface area contributed by atoms with E-state index in [1.54, 1.807) is 5.57 Å². The highest BCUT2D eigenvalue weighted by atomic mass is 15.2. The van der Waals surface area contributed by atoms with E-state index >= 15 is 0 Å².